The molecule has 0 saturated carbocycles. The summed E-state index contributed by atoms with van der Waals surface area (Å²) in [5.74, 6) is -0.0343. The molecule has 1 aromatic heterocycles. The van der Waals surface area contributed by atoms with E-state index < -0.39 is 0 Å². The third-order valence-corrected chi connectivity index (χ3v) is 3.88. The zero-order chi connectivity index (χ0) is 14.7. The van der Waals surface area contributed by atoms with Crippen molar-refractivity contribution in [3.8, 4) is 0 Å². The Bertz CT molecular complexity index is 637. The minimum atomic E-state index is -0.0343. The number of fused-ring (bicyclic) bond motifs is 1. The van der Waals surface area contributed by atoms with Gasteiger partial charge in [-0.05, 0) is 42.5 Å². The van der Waals surface area contributed by atoms with Gasteiger partial charge in [0, 0.05) is 25.0 Å². The number of para-hydroxylation sites is 1. The van der Waals surface area contributed by atoms with E-state index in [4.69, 9.17) is 5.73 Å². The molecule has 4 nitrogen and oxygen atoms in total. The number of benzene rings is 1. The predicted molar refractivity (Wildman–Crippen MR) is 83.2 cm³/mol. The third-order valence-electron chi connectivity index (χ3n) is 3.88. The summed E-state index contributed by atoms with van der Waals surface area (Å²) in [6, 6.07) is 11.8. The monoisotopic (exact) mass is 281 g/mol. The van der Waals surface area contributed by atoms with Crippen molar-refractivity contribution in [3.63, 3.8) is 0 Å². The minimum absolute atomic E-state index is 0.0343. The summed E-state index contributed by atoms with van der Waals surface area (Å²) in [7, 11) is 0. The van der Waals surface area contributed by atoms with E-state index in [1.807, 2.05) is 29.2 Å². The number of nitrogens with zero attached hydrogens (tertiary/aromatic N) is 2. The van der Waals surface area contributed by atoms with Gasteiger partial charge in [0.15, 0.2) is 0 Å². The SMILES string of the molecule is NCc1ccc(C(=O)N2CCCCc3ccccc32)nc1. The highest BCUT2D eigenvalue weighted by molar-refractivity contribution is 6.05. The largest absolute Gasteiger partial charge is 0.326 e. The second-order valence-corrected chi connectivity index (χ2v) is 5.30. The van der Waals surface area contributed by atoms with Gasteiger partial charge in [-0.15, -0.1) is 0 Å². The van der Waals surface area contributed by atoms with Gasteiger partial charge >= 0.3 is 0 Å². The lowest BCUT2D eigenvalue weighted by molar-refractivity contribution is 0.0982. The standard InChI is InChI=1S/C17H19N3O/c18-11-13-8-9-15(19-12-13)17(21)20-10-4-3-6-14-5-1-2-7-16(14)20/h1-2,5,7-9,12H,3-4,6,10-11,18H2. The molecule has 1 aliphatic heterocycles. The summed E-state index contributed by atoms with van der Waals surface area (Å²) < 4.78 is 0. The number of aryl methyl sites for hydroxylation is 1. The van der Waals surface area contributed by atoms with Crippen LogP contribution < -0.4 is 10.6 Å². The number of nitrogens with two attached hydrogens (primary N) is 1. The first-order valence-corrected chi connectivity index (χ1v) is 7.34. The summed E-state index contributed by atoms with van der Waals surface area (Å²) in [5.41, 5.74) is 9.23. The summed E-state index contributed by atoms with van der Waals surface area (Å²) in [5, 5.41) is 0. The molecule has 21 heavy (non-hydrogen) atoms. The van der Waals surface area contributed by atoms with Crippen LogP contribution in [0.5, 0.6) is 0 Å². The lowest BCUT2D eigenvalue weighted by atomic mass is 10.1. The Hall–Kier alpha value is -2.20. The number of carbonyl (C=O) groups is 1. The van der Waals surface area contributed by atoms with E-state index in [1.165, 1.54) is 5.56 Å². The van der Waals surface area contributed by atoms with Crippen LogP contribution in [0.3, 0.4) is 0 Å². The lowest BCUT2D eigenvalue weighted by Gasteiger charge is -2.22. The molecule has 0 atom stereocenters. The molecule has 4 heteroatoms. The Morgan fingerprint density at radius 2 is 2.05 bits per heavy atom. The number of pyridine rings is 1. The second-order valence-electron chi connectivity index (χ2n) is 5.30. The molecule has 1 aromatic carbocycles. The maximum absolute atomic E-state index is 12.7. The zero-order valence-electron chi connectivity index (χ0n) is 12.0. The Morgan fingerprint density at radius 1 is 1.19 bits per heavy atom. The number of rotatable bonds is 2. The Kier molecular flexibility index (Phi) is 3.97. The normalized spacial score (nSPS) is 14.4. The van der Waals surface area contributed by atoms with Gasteiger partial charge < -0.3 is 10.6 Å². The summed E-state index contributed by atoms with van der Waals surface area (Å²) in [4.78, 5) is 18.9. The van der Waals surface area contributed by atoms with Crippen LogP contribution in [-0.2, 0) is 13.0 Å². The van der Waals surface area contributed by atoms with Crippen LogP contribution in [0, 0.1) is 0 Å². The van der Waals surface area contributed by atoms with Gasteiger partial charge in [-0.3, -0.25) is 9.78 Å². The molecular weight excluding hydrogens is 262 g/mol. The fourth-order valence-corrected chi connectivity index (χ4v) is 2.71. The molecule has 108 valence electrons. The molecule has 0 bridgehead atoms. The van der Waals surface area contributed by atoms with Gasteiger partial charge in [0.25, 0.3) is 5.91 Å². The van der Waals surface area contributed by atoms with Gasteiger partial charge in [-0.2, -0.15) is 0 Å². The maximum atomic E-state index is 12.7. The fraction of sp³-hybridized carbons (Fsp3) is 0.294. The van der Waals surface area contributed by atoms with E-state index >= 15 is 0 Å². The summed E-state index contributed by atoms with van der Waals surface area (Å²) in [6.07, 6.45) is 4.83. The maximum Gasteiger partial charge on any atom is 0.276 e. The molecule has 3 rings (SSSR count). The molecule has 2 N–H and O–H groups in total. The van der Waals surface area contributed by atoms with Crippen LogP contribution in [0.15, 0.2) is 42.6 Å². The van der Waals surface area contributed by atoms with Crippen molar-refractivity contribution in [2.24, 2.45) is 5.73 Å². The first-order valence-electron chi connectivity index (χ1n) is 7.34. The van der Waals surface area contributed by atoms with E-state index in [9.17, 15) is 4.79 Å². The van der Waals surface area contributed by atoms with Crippen LogP contribution in [0.4, 0.5) is 5.69 Å². The number of hydrogen-bond acceptors (Lipinski definition) is 3. The molecule has 0 radical (unpaired) electrons. The van der Waals surface area contributed by atoms with Crippen molar-refractivity contribution >= 4 is 11.6 Å². The zero-order valence-corrected chi connectivity index (χ0v) is 12.0. The van der Waals surface area contributed by atoms with Gasteiger partial charge in [0.05, 0.1) is 0 Å². The van der Waals surface area contributed by atoms with Crippen molar-refractivity contribution < 1.29 is 4.79 Å². The molecule has 0 fully saturated rings. The molecule has 0 saturated heterocycles. The van der Waals surface area contributed by atoms with E-state index in [0.29, 0.717) is 12.2 Å². The quantitative estimate of drug-likeness (QED) is 0.920. The van der Waals surface area contributed by atoms with Crippen LogP contribution >= 0.6 is 0 Å². The van der Waals surface area contributed by atoms with Gasteiger partial charge in [0.2, 0.25) is 0 Å². The lowest BCUT2D eigenvalue weighted by Crippen LogP contribution is -2.32. The van der Waals surface area contributed by atoms with E-state index in [1.54, 1.807) is 12.3 Å². The van der Waals surface area contributed by atoms with Crippen LogP contribution in [0.25, 0.3) is 0 Å². The molecule has 0 unspecified atom stereocenters. The first-order chi connectivity index (χ1) is 10.3. The molecular formula is C17H19N3O. The summed E-state index contributed by atoms with van der Waals surface area (Å²) in [6.45, 7) is 1.18. The Balaban J connectivity index is 1.93. The van der Waals surface area contributed by atoms with E-state index in [0.717, 1.165) is 37.1 Å². The number of amides is 1. The molecule has 0 spiro atoms. The highest BCUT2D eigenvalue weighted by Crippen LogP contribution is 2.27. The van der Waals surface area contributed by atoms with Crippen molar-refractivity contribution in [3.05, 3.63) is 59.4 Å². The number of aromatic nitrogens is 1. The molecule has 0 aliphatic carbocycles. The van der Waals surface area contributed by atoms with Crippen molar-refractivity contribution in [1.29, 1.82) is 0 Å². The topological polar surface area (TPSA) is 59.2 Å². The van der Waals surface area contributed by atoms with Crippen molar-refractivity contribution in [2.45, 2.75) is 25.8 Å². The molecule has 1 aliphatic rings. The van der Waals surface area contributed by atoms with E-state index in [2.05, 4.69) is 11.1 Å². The highest BCUT2D eigenvalue weighted by Gasteiger charge is 2.22. The first kappa shape index (κ1) is 13.8. The second kappa shape index (κ2) is 6.06. The van der Waals surface area contributed by atoms with Gasteiger partial charge in [-0.1, -0.05) is 24.3 Å². The van der Waals surface area contributed by atoms with Crippen LogP contribution in [0.2, 0.25) is 0 Å². The predicted octanol–water partition coefficient (Wildman–Crippen LogP) is 2.52. The summed E-state index contributed by atoms with van der Waals surface area (Å²) >= 11 is 0. The number of hydrogen-bond donors (Lipinski definition) is 1. The smallest absolute Gasteiger partial charge is 0.276 e. The molecule has 2 aromatic rings. The molecule has 1 amide bonds. The highest BCUT2D eigenvalue weighted by atomic mass is 16.2. The minimum Gasteiger partial charge on any atom is -0.326 e. The van der Waals surface area contributed by atoms with Gasteiger partial charge in [0.1, 0.15) is 5.69 Å². The van der Waals surface area contributed by atoms with E-state index in [-0.39, 0.29) is 5.91 Å². The Labute approximate surface area is 124 Å². The average Bonchev–Trinajstić information content (AvgIpc) is 2.77. The Morgan fingerprint density at radius 3 is 2.81 bits per heavy atom. The number of anilines is 1. The van der Waals surface area contributed by atoms with Gasteiger partial charge in [-0.25, -0.2) is 0 Å². The van der Waals surface area contributed by atoms with Crippen LogP contribution in [0.1, 0.15) is 34.5 Å². The van der Waals surface area contributed by atoms with Crippen molar-refractivity contribution in [1.82, 2.24) is 4.98 Å². The van der Waals surface area contributed by atoms with Crippen LogP contribution in [-0.4, -0.2) is 17.4 Å². The average molecular weight is 281 g/mol. The molecule has 2 heterocycles. The fourth-order valence-electron chi connectivity index (χ4n) is 2.71. The number of carbonyl (C=O) groups excluding carboxylic acids is 1. The third kappa shape index (κ3) is 2.81. The van der Waals surface area contributed by atoms with Crippen molar-refractivity contribution in [2.75, 3.05) is 11.4 Å².